The summed E-state index contributed by atoms with van der Waals surface area (Å²) in [6.45, 7) is 15.4. The molecule has 4 atom stereocenters. The number of piperazine rings is 1. The molecule has 0 aliphatic carbocycles. The van der Waals surface area contributed by atoms with E-state index in [9.17, 15) is 18.8 Å². The van der Waals surface area contributed by atoms with E-state index < -0.39 is 17.0 Å². The van der Waals surface area contributed by atoms with Gasteiger partial charge in [-0.1, -0.05) is 24.3 Å². The van der Waals surface area contributed by atoms with E-state index in [1.807, 2.05) is 52.8 Å². The van der Waals surface area contributed by atoms with Crippen molar-refractivity contribution in [2.24, 2.45) is 0 Å². The van der Waals surface area contributed by atoms with Gasteiger partial charge in [-0.3, -0.25) is 19.4 Å². The first-order chi connectivity index (χ1) is 22.2. The number of nitrogens with zero attached hydrogens (tertiary/aromatic N) is 4. The van der Waals surface area contributed by atoms with Gasteiger partial charge >= 0.3 is 12.1 Å². The van der Waals surface area contributed by atoms with E-state index in [1.165, 1.54) is 19.2 Å². The van der Waals surface area contributed by atoms with Gasteiger partial charge in [-0.05, 0) is 82.9 Å². The molecule has 0 saturated carbocycles. The number of hydrogen-bond donors (Lipinski definition) is 0. The van der Waals surface area contributed by atoms with Crippen molar-refractivity contribution in [3.63, 3.8) is 0 Å². The summed E-state index contributed by atoms with van der Waals surface area (Å²) < 4.78 is 30.2. The Kier molecular flexibility index (Phi) is 10.3. The fourth-order valence-electron chi connectivity index (χ4n) is 6.94. The number of benzene rings is 2. The van der Waals surface area contributed by atoms with Gasteiger partial charge in [0.2, 0.25) is 5.91 Å². The number of esters is 1. The van der Waals surface area contributed by atoms with Gasteiger partial charge in [0.25, 0.3) is 0 Å². The summed E-state index contributed by atoms with van der Waals surface area (Å²) >= 11 is 0. The van der Waals surface area contributed by atoms with Gasteiger partial charge < -0.3 is 24.0 Å². The zero-order chi connectivity index (χ0) is 34.1. The van der Waals surface area contributed by atoms with E-state index in [0.717, 1.165) is 23.2 Å². The molecule has 10 nitrogen and oxygen atoms in total. The van der Waals surface area contributed by atoms with Gasteiger partial charge in [0, 0.05) is 56.5 Å². The summed E-state index contributed by atoms with van der Waals surface area (Å²) in [5, 5.41) is 0. The van der Waals surface area contributed by atoms with Crippen molar-refractivity contribution in [2.45, 2.75) is 77.1 Å². The fourth-order valence-corrected chi connectivity index (χ4v) is 6.94. The molecule has 0 bridgehead atoms. The highest BCUT2D eigenvalue weighted by Crippen LogP contribution is 2.42. The van der Waals surface area contributed by atoms with E-state index in [4.69, 9.17) is 14.2 Å². The topological polar surface area (TPSA) is 91.9 Å². The number of methoxy groups -OCH3 is 1. The zero-order valence-electron chi connectivity index (χ0n) is 28.8. The molecule has 47 heavy (non-hydrogen) atoms. The number of morpholine rings is 1. The molecule has 2 aromatic carbocycles. The van der Waals surface area contributed by atoms with Crippen molar-refractivity contribution < 1.29 is 33.0 Å². The Labute approximate surface area is 277 Å². The molecule has 0 aromatic heterocycles. The summed E-state index contributed by atoms with van der Waals surface area (Å²) in [5.74, 6) is -0.828. The SMILES string of the molecule is COC(=O)[C@]1(C)CN(C(=O)CN2CC(C)N(C(=O)OC(C)(C)C)C[C@@H]2CN2CCOCC2C)c2cc(Cc3ccc(F)cc3)ccc21. The molecule has 5 rings (SSSR count). The van der Waals surface area contributed by atoms with Gasteiger partial charge in [0.05, 0.1) is 26.9 Å². The Morgan fingerprint density at radius 1 is 1.00 bits per heavy atom. The standard InChI is InChI=1S/C36H49FN4O6/c1-24-18-39(29(19-38-14-15-46-22-25(38)2)20-40(24)34(44)47-35(3,4)5)21-32(42)41-23-36(6,33(43)45-7)30-13-10-27(17-31(30)41)16-26-8-11-28(37)12-9-26/h8-13,17,24-25,29H,14-16,18-23H2,1-7H3/t24?,25?,29-,36+/m0/s1. The van der Waals surface area contributed by atoms with Crippen LogP contribution in [0.25, 0.3) is 0 Å². The first-order valence-electron chi connectivity index (χ1n) is 16.5. The first kappa shape index (κ1) is 34.8. The Hall–Kier alpha value is -3.54. The van der Waals surface area contributed by atoms with Crippen LogP contribution >= 0.6 is 0 Å². The monoisotopic (exact) mass is 652 g/mol. The molecule has 256 valence electrons. The van der Waals surface area contributed by atoms with E-state index in [0.29, 0.717) is 45.0 Å². The molecular formula is C36H49FN4O6. The lowest BCUT2D eigenvalue weighted by atomic mass is 9.84. The number of carbonyl (C=O) groups excluding carboxylic acids is 3. The minimum absolute atomic E-state index is 0.120. The minimum Gasteiger partial charge on any atom is -0.468 e. The molecule has 2 unspecified atom stereocenters. The Morgan fingerprint density at radius 3 is 2.36 bits per heavy atom. The molecule has 3 heterocycles. The normalized spacial score (nSPS) is 25.4. The van der Waals surface area contributed by atoms with Crippen LogP contribution in [0.5, 0.6) is 0 Å². The van der Waals surface area contributed by atoms with Crippen LogP contribution in [0.3, 0.4) is 0 Å². The lowest BCUT2D eigenvalue weighted by molar-refractivity contribution is -0.146. The third kappa shape index (κ3) is 7.79. The Morgan fingerprint density at radius 2 is 1.70 bits per heavy atom. The van der Waals surface area contributed by atoms with E-state index in [1.54, 1.807) is 21.9 Å². The van der Waals surface area contributed by atoms with Crippen molar-refractivity contribution in [1.82, 2.24) is 14.7 Å². The second-order valence-electron chi connectivity index (χ2n) is 14.4. The quantitative estimate of drug-likeness (QED) is 0.411. The summed E-state index contributed by atoms with van der Waals surface area (Å²) in [7, 11) is 1.36. The number of fused-ring (bicyclic) bond motifs is 1. The Bertz CT molecular complexity index is 1460. The van der Waals surface area contributed by atoms with Crippen LogP contribution < -0.4 is 4.90 Å². The van der Waals surface area contributed by atoms with Crippen molar-refractivity contribution in [3.05, 3.63) is 65.0 Å². The second kappa shape index (κ2) is 13.9. The molecule has 2 saturated heterocycles. The van der Waals surface area contributed by atoms with Gasteiger partial charge in [-0.15, -0.1) is 0 Å². The second-order valence-corrected chi connectivity index (χ2v) is 14.4. The average molecular weight is 653 g/mol. The highest BCUT2D eigenvalue weighted by Gasteiger charge is 2.48. The van der Waals surface area contributed by atoms with E-state index in [2.05, 4.69) is 16.7 Å². The molecule has 11 heteroatoms. The van der Waals surface area contributed by atoms with Crippen molar-refractivity contribution in [1.29, 1.82) is 0 Å². The van der Waals surface area contributed by atoms with Crippen LogP contribution in [0.15, 0.2) is 42.5 Å². The summed E-state index contributed by atoms with van der Waals surface area (Å²) in [5.41, 5.74) is 1.66. The highest BCUT2D eigenvalue weighted by atomic mass is 19.1. The van der Waals surface area contributed by atoms with Gasteiger partial charge in [0.15, 0.2) is 0 Å². The fraction of sp³-hybridized carbons (Fsp3) is 0.583. The van der Waals surface area contributed by atoms with Crippen LogP contribution in [0.1, 0.15) is 58.2 Å². The van der Waals surface area contributed by atoms with Crippen molar-refractivity contribution in [3.8, 4) is 0 Å². The largest absolute Gasteiger partial charge is 0.468 e. The van der Waals surface area contributed by atoms with E-state index >= 15 is 0 Å². The van der Waals surface area contributed by atoms with Crippen LogP contribution in [-0.4, -0.2) is 116 Å². The number of carbonyl (C=O) groups is 3. The number of halogens is 1. The molecule has 3 aliphatic rings. The number of ether oxygens (including phenoxy) is 3. The zero-order valence-corrected chi connectivity index (χ0v) is 28.8. The predicted molar refractivity (Wildman–Crippen MR) is 177 cm³/mol. The highest BCUT2D eigenvalue weighted by molar-refractivity contribution is 6.02. The van der Waals surface area contributed by atoms with Crippen LogP contribution in [0.4, 0.5) is 14.9 Å². The van der Waals surface area contributed by atoms with Gasteiger partial charge in [-0.25, -0.2) is 9.18 Å². The van der Waals surface area contributed by atoms with Crippen LogP contribution in [0.2, 0.25) is 0 Å². The van der Waals surface area contributed by atoms with Gasteiger partial charge in [0.1, 0.15) is 16.8 Å². The maximum atomic E-state index is 14.3. The number of hydrogen-bond acceptors (Lipinski definition) is 8. The molecule has 0 N–H and O–H groups in total. The molecule has 2 amide bonds. The lowest BCUT2D eigenvalue weighted by Gasteiger charge is -2.47. The number of anilines is 1. The number of amides is 2. The summed E-state index contributed by atoms with van der Waals surface area (Å²) in [6, 6.07) is 12.1. The molecule has 2 fully saturated rings. The predicted octanol–water partition coefficient (Wildman–Crippen LogP) is 4.22. The first-order valence-corrected chi connectivity index (χ1v) is 16.5. The van der Waals surface area contributed by atoms with Crippen LogP contribution in [0, 0.1) is 5.82 Å². The Balaban J connectivity index is 1.41. The molecule has 0 spiro atoms. The summed E-state index contributed by atoms with van der Waals surface area (Å²) in [4.78, 5) is 48.8. The maximum Gasteiger partial charge on any atom is 0.410 e. The molecule has 0 radical (unpaired) electrons. The maximum absolute atomic E-state index is 14.3. The minimum atomic E-state index is -1.03. The third-order valence-electron chi connectivity index (χ3n) is 9.55. The molecule has 2 aromatic rings. The lowest BCUT2D eigenvalue weighted by Crippen LogP contribution is -2.64. The van der Waals surface area contributed by atoms with Crippen molar-refractivity contribution >= 4 is 23.7 Å². The number of rotatable bonds is 7. The van der Waals surface area contributed by atoms with Crippen LogP contribution in [-0.2, 0) is 35.6 Å². The molecular weight excluding hydrogens is 603 g/mol. The summed E-state index contributed by atoms with van der Waals surface area (Å²) in [6.07, 6.45) is 0.195. The smallest absolute Gasteiger partial charge is 0.410 e. The average Bonchev–Trinajstić information content (AvgIpc) is 3.32. The van der Waals surface area contributed by atoms with Gasteiger partial charge in [-0.2, -0.15) is 0 Å². The van der Waals surface area contributed by atoms with Crippen molar-refractivity contribution in [2.75, 3.05) is 64.5 Å². The van der Waals surface area contributed by atoms with E-state index in [-0.39, 0.29) is 49.0 Å². The third-order valence-corrected chi connectivity index (χ3v) is 9.55. The molecule has 3 aliphatic heterocycles.